The third-order valence-corrected chi connectivity index (χ3v) is 2.81. The molecule has 0 atom stereocenters. The van der Waals surface area contributed by atoms with Crippen molar-refractivity contribution < 1.29 is 31.4 Å². The number of aliphatic hydroxyl groups is 1. The highest BCUT2D eigenvalue weighted by atomic mass is 19.4. The largest absolute Gasteiger partial charge is 0.426 e. The first kappa shape index (κ1) is 14.3. The van der Waals surface area contributed by atoms with Crippen LogP contribution < -0.4 is 0 Å². The molecular formula is C10H12F6O. The molecule has 1 nitrogen and oxygen atoms in total. The van der Waals surface area contributed by atoms with E-state index in [0.717, 1.165) is 6.42 Å². The van der Waals surface area contributed by atoms with Crippen molar-refractivity contribution in [3.8, 4) is 0 Å². The third kappa shape index (κ3) is 2.94. The first-order chi connectivity index (χ1) is 7.58. The van der Waals surface area contributed by atoms with Crippen molar-refractivity contribution in [3.05, 3.63) is 11.6 Å². The van der Waals surface area contributed by atoms with Crippen LogP contribution in [0.25, 0.3) is 0 Å². The number of alkyl halides is 6. The molecule has 0 aromatic heterocycles. The van der Waals surface area contributed by atoms with E-state index >= 15 is 0 Å². The molecule has 0 saturated carbocycles. The molecule has 0 bridgehead atoms. The maximum atomic E-state index is 12.4. The van der Waals surface area contributed by atoms with Crippen molar-refractivity contribution in [2.75, 3.05) is 0 Å². The van der Waals surface area contributed by atoms with Gasteiger partial charge in [0.1, 0.15) is 0 Å². The number of allylic oxidation sites excluding steroid dienone is 1. The molecule has 0 aliphatic heterocycles. The molecule has 0 saturated heterocycles. The summed E-state index contributed by atoms with van der Waals surface area (Å²) in [5, 5.41) is 8.95. The van der Waals surface area contributed by atoms with Gasteiger partial charge in [0, 0.05) is 6.42 Å². The fourth-order valence-corrected chi connectivity index (χ4v) is 1.75. The van der Waals surface area contributed by atoms with Crippen molar-refractivity contribution in [2.24, 2.45) is 0 Å². The van der Waals surface area contributed by atoms with Crippen molar-refractivity contribution in [1.82, 2.24) is 0 Å². The van der Waals surface area contributed by atoms with E-state index in [2.05, 4.69) is 0 Å². The topological polar surface area (TPSA) is 20.2 Å². The van der Waals surface area contributed by atoms with Gasteiger partial charge in [-0.3, -0.25) is 0 Å². The van der Waals surface area contributed by atoms with Gasteiger partial charge in [0.25, 0.3) is 5.60 Å². The molecule has 0 heterocycles. The molecule has 17 heavy (non-hydrogen) atoms. The Morgan fingerprint density at radius 1 is 1.00 bits per heavy atom. The Labute approximate surface area is 94.1 Å². The quantitative estimate of drug-likeness (QED) is 0.593. The van der Waals surface area contributed by atoms with Crippen molar-refractivity contribution in [3.63, 3.8) is 0 Å². The second kappa shape index (κ2) is 4.51. The number of rotatable bonds is 2. The average Bonchev–Trinajstić information content (AvgIpc) is 2.15. The highest BCUT2D eigenvalue weighted by Crippen LogP contribution is 2.47. The second-order valence-corrected chi connectivity index (χ2v) is 4.14. The van der Waals surface area contributed by atoms with Gasteiger partial charge in [-0.1, -0.05) is 11.6 Å². The van der Waals surface area contributed by atoms with Crippen LogP contribution in [0.3, 0.4) is 0 Å². The molecule has 0 amide bonds. The summed E-state index contributed by atoms with van der Waals surface area (Å²) in [6.45, 7) is 0. The SMILES string of the molecule is OC(CC1=CCCCC1)(C(F)(F)F)C(F)(F)F. The molecule has 1 aliphatic carbocycles. The van der Waals surface area contributed by atoms with Crippen LogP contribution in [-0.2, 0) is 0 Å². The first-order valence-electron chi connectivity index (χ1n) is 5.12. The van der Waals surface area contributed by atoms with Crippen LogP contribution in [0.4, 0.5) is 26.3 Å². The lowest BCUT2D eigenvalue weighted by Crippen LogP contribution is -2.57. The Morgan fingerprint density at radius 3 is 1.88 bits per heavy atom. The maximum Gasteiger partial charge on any atom is 0.426 e. The van der Waals surface area contributed by atoms with Crippen molar-refractivity contribution in [2.45, 2.75) is 50.1 Å². The summed E-state index contributed by atoms with van der Waals surface area (Å²) in [5.74, 6) is 0. The maximum absolute atomic E-state index is 12.4. The molecule has 0 unspecified atom stereocenters. The lowest BCUT2D eigenvalue weighted by atomic mass is 9.87. The summed E-state index contributed by atoms with van der Waals surface area (Å²) in [4.78, 5) is 0. The van der Waals surface area contributed by atoms with Crippen LogP contribution in [0.15, 0.2) is 11.6 Å². The summed E-state index contributed by atoms with van der Waals surface area (Å²) in [6.07, 6.45) is -9.56. The molecule has 0 radical (unpaired) electrons. The average molecular weight is 262 g/mol. The molecule has 0 fully saturated rings. The monoisotopic (exact) mass is 262 g/mol. The first-order valence-corrected chi connectivity index (χ1v) is 5.12. The fourth-order valence-electron chi connectivity index (χ4n) is 1.75. The van der Waals surface area contributed by atoms with Crippen molar-refractivity contribution in [1.29, 1.82) is 0 Å². The molecule has 0 aromatic rings. The Morgan fingerprint density at radius 2 is 1.53 bits per heavy atom. The Balaban J connectivity index is 2.96. The van der Waals surface area contributed by atoms with Gasteiger partial charge < -0.3 is 5.11 Å². The van der Waals surface area contributed by atoms with Gasteiger partial charge in [-0.15, -0.1) is 0 Å². The Kier molecular flexibility index (Phi) is 3.81. The van der Waals surface area contributed by atoms with Crippen LogP contribution >= 0.6 is 0 Å². The predicted octanol–water partition coefficient (Wildman–Crippen LogP) is 3.73. The van der Waals surface area contributed by atoms with E-state index in [4.69, 9.17) is 5.11 Å². The van der Waals surface area contributed by atoms with E-state index < -0.39 is 24.4 Å². The van der Waals surface area contributed by atoms with E-state index in [0.29, 0.717) is 12.8 Å². The fraction of sp³-hybridized carbons (Fsp3) is 0.800. The minimum absolute atomic E-state index is 0.0217. The van der Waals surface area contributed by atoms with Gasteiger partial charge in [0.2, 0.25) is 0 Å². The van der Waals surface area contributed by atoms with Gasteiger partial charge in [-0.05, 0) is 25.7 Å². The summed E-state index contributed by atoms with van der Waals surface area (Å²) < 4.78 is 74.1. The van der Waals surface area contributed by atoms with E-state index in [1.54, 1.807) is 0 Å². The summed E-state index contributed by atoms with van der Waals surface area (Å²) in [6, 6.07) is 0. The van der Waals surface area contributed by atoms with Gasteiger partial charge in [0.15, 0.2) is 0 Å². The zero-order chi connectivity index (χ0) is 13.3. The van der Waals surface area contributed by atoms with Crippen molar-refractivity contribution >= 4 is 0 Å². The summed E-state index contributed by atoms with van der Waals surface area (Å²) >= 11 is 0. The van der Waals surface area contributed by atoms with E-state index in [9.17, 15) is 26.3 Å². The van der Waals surface area contributed by atoms with Gasteiger partial charge in [0.05, 0.1) is 0 Å². The van der Waals surface area contributed by atoms with E-state index in [1.165, 1.54) is 6.08 Å². The lowest BCUT2D eigenvalue weighted by Gasteiger charge is -2.33. The number of hydrogen-bond acceptors (Lipinski definition) is 1. The zero-order valence-electron chi connectivity index (χ0n) is 8.83. The minimum Gasteiger partial charge on any atom is -0.373 e. The molecule has 1 aliphatic rings. The number of halogens is 6. The van der Waals surface area contributed by atoms with Gasteiger partial charge >= 0.3 is 12.4 Å². The van der Waals surface area contributed by atoms with Crippen LogP contribution in [0.1, 0.15) is 32.1 Å². The van der Waals surface area contributed by atoms with E-state index in [1.807, 2.05) is 0 Å². The van der Waals surface area contributed by atoms with Gasteiger partial charge in [-0.2, -0.15) is 26.3 Å². The lowest BCUT2D eigenvalue weighted by molar-refractivity contribution is -0.367. The number of hydrogen-bond donors (Lipinski definition) is 1. The zero-order valence-corrected chi connectivity index (χ0v) is 8.83. The molecule has 100 valence electrons. The molecule has 7 heteroatoms. The molecular weight excluding hydrogens is 250 g/mol. The minimum atomic E-state index is -5.72. The van der Waals surface area contributed by atoms with Crippen LogP contribution in [0.2, 0.25) is 0 Å². The summed E-state index contributed by atoms with van der Waals surface area (Å²) in [7, 11) is 0. The normalized spacial score (nSPS) is 19.1. The van der Waals surface area contributed by atoms with Crippen LogP contribution in [0.5, 0.6) is 0 Å². The molecule has 0 spiro atoms. The Hall–Kier alpha value is -0.720. The standard InChI is InChI=1S/C10H12F6O/c11-9(12,13)8(17,10(14,15)16)6-7-4-2-1-3-5-7/h4,17H,1-3,5-6H2. The highest BCUT2D eigenvalue weighted by Gasteiger charge is 2.70. The summed E-state index contributed by atoms with van der Waals surface area (Å²) in [5.41, 5.74) is -4.61. The van der Waals surface area contributed by atoms with E-state index in [-0.39, 0.29) is 12.0 Å². The smallest absolute Gasteiger partial charge is 0.373 e. The van der Waals surface area contributed by atoms with Crippen LogP contribution in [0, 0.1) is 0 Å². The highest BCUT2D eigenvalue weighted by molar-refractivity contribution is 5.12. The third-order valence-electron chi connectivity index (χ3n) is 2.81. The van der Waals surface area contributed by atoms with Gasteiger partial charge in [-0.25, -0.2) is 0 Å². The molecule has 1 N–H and O–H groups in total. The molecule has 0 aromatic carbocycles. The predicted molar refractivity (Wildman–Crippen MR) is 48.2 cm³/mol. The second-order valence-electron chi connectivity index (χ2n) is 4.14. The molecule has 1 rings (SSSR count). The van der Waals surface area contributed by atoms with Crippen LogP contribution in [-0.4, -0.2) is 23.1 Å². The Bertz CT molecular complexity index is 287.